The molecular weight excluding hydrogens is 520 g/mol. The number of halogens is 1. The van der Waals surface area contributed by atoms with Crippen molar-refractivity contribution in [2.75, 3.05) is 6.61 Å². The minimum absolute atomic E-state index is 0.260. The lowest BCUT2D eigenvalue weighted by atomic mass is 10.1. The molecule has 6 atom stereocenters. The van der Waals surface area contributed by atoms with E-state index in [0.717, 1.165) is 16.8 Å². The lowest BCUT2D eigenvalue weighted by molar-refractivity contribution is -0.203. The molecule has 4 N–H and O–H groups in total. The summed E-state index contributed by atoms with van der Waals surface area (Å²) < 4.78 is 38.1. The maximum absolute atomic E-state index is 15.7. The Morgan fingerprint density at radius 2 is 1.94 bits per heavy atom. The third-order valence-electron chi connectivity index (χ3n) is 4.96. The van der Waals surface area contributed by atoms with Crippen LogP contribution >= 0.6 is 6.64 Å². The van der Waals surface area contributed by atoms with E-state index in [0.29, 0.717) is 0 Å². The smallest absolute Gasteiger partial charge is 0.330 e. The highest BCUT2D eigenvalue weighted by atomic mass is 32.5. The Labute approximate surface area is 210 Å². The second-order valence-corrected chi connectivity index (χ2v) is 11.4. The summed E-state index contributed by atoms with van der Waals surface area (Å²) in [5.74, 6) is -3.43. The Morgan fingerprint density at radius 3 is 2.56 bits per heavy atom. The van der Waals surface area contributed by atoms with Gasteiger partial charge in [0.2, 0.25) is 0 Å². The number of nitrogens with one attached hydrogen (secondary N) is 2. The normalized spacial score (nSPS) is 26.4. The van der Waals surface area contributed by atoms with Crippen LogP contribution in [0.15, 0.2) is 52.2 Å². The van der Waals surface area contributed by atoms with E-state index in [1.165, 1.54) is 6.92 Å². The fourth-order valence-electron chi connectivity index (χ4n) is 3.23. The predicted octanol–water partition coefficient (Wildman–Crippen LogP) is 0.703. The first-order valence-corrected chi connectivity index (χ1v) is 13.5. The van der Waals surface area contributed by atoms with Gasteiger partial charge in [-0.1, -0.05) is 18.2 Å². The maximum atomic E-state index is 15.7. The van der Waals surface area contributed by atoms with Crippen molar-refractivity contribution in [3.63, 3.8) is 0 Å². The number of aliphatic hydroxyl groups excluding tert-OH is 2. The van der Waals surface area contributed by atoms with Crippen LogP contribution in [0.1, 0.15) is 27.0 Å². The third kappa shape index (κ3) is 6.65. The molecule has 0 radical (unpaired) electrons. The van der Waals surface area contributed by atoms with Crippen LogP contribution in [0.25, 0.3) is 0 Å². The molecule has 198 valence electrons. The Morgan fingerprint density at radius 1 is 1.28 bits per heavy atom. The molecule has 1 fully saturated rings. The number of hydrogen-bond acceptors (Lipinski definition) is 10. The number of aromatic nitrogens is 2. The second kappa shape index (κ2) is 11.3. The number of carbonyl (C=O) groups is 1. The number of esters is 1. The van der Waals surface area contributed by atoms with Gasteiger partial charge in [0.15, 0.2) is 6.23 Å². The highest BCUT2D eigenvalue weighted by molar-refractivity contribution is 8.09. The van der Waals surface area contributed by atoms with Crippen molar-refractivity contribution in [2.45, 2.75) is 57.2 Å². The molecule has 1 aliphatic rings. The predicted molar refractivity (Wildman–Crippen MR) is 128 cm³/mol. The van der Waals surface area contributed by atoms with Crippen LogP contribution in [0.3, 0.4) is 0 Å². The highest BCUT2D eigenvalue weighted by Gasteiger charge is 2.57. The van der Waals surface area contributed by atoms with Gasteiger partial charge in [0.25, 0.3) is 11.4 Å². The molecule has 36 heavy (non-hydrogen) atoms. The zero-order chi connectivity index (χ0) is 26.7. The van der Waals surface area contributed by atoms with E-state index in [9.17, 15) is 24.6 Å². The minimum atomic E-state index is -3.69. The summed E-state index contributed by atoms with van der Waals surface area (Å²) >= 11 is 5.49. The molecular formula is C21H27FN3O9PS. The fraction of sp³-hybridized carbons (Fsp3) is 0.476. The molecule has 0 spiro atoms. The second-order valence-electron chi connectivity index (χ2n) is 8.26. The first-order chi connectivity index (χ1) is 16.8. The molecule has 15 heteroatoms. The number of ether oxygens (including phenoxy) is 2. The third-order valence-corrected chi connectivity index (χ3v) is 7.44. The van der Waals surface area contributed by atoms with Crippen LogP contribution < -0.4 is 20.9 Å². The van der Waals surface area contributed by atoms with Gasteiger partial charge in [-0.25, -0.2) is 14.3 Å². The topological polar surface area (TPSA) is 161 Å². The molecule has 0 unspecified atom stereocenters. The Hall–Kier alpha value is -2.45. The number of para-hydroxylation sites is 1. The Bertz CT molecular complexity index is 1230. The summed E-state index contributed by atoms with van der Waals surface area (Å²) in [6.45, 7) is 0.0584. The number of carbonyl (C=O) groups excluding carboxylic acids is 1. The monoisotopic (exact) mass is 547 g/mol. The molecule has 1 saturated heterocycles. The number of alkyl halides is 1. The summed E-state index contributed by atoms with van der Waals surface area (Å²) in [6.07, 6.45) is -5.16. The lowest BCUT2D eigenvalue weighted by Crippen LogP contribution is -2.44. The molecule has 12 nitrogen and oxygen atoms in total. The average molecular weight is 547 g/mol. The number of H-pyrrole nitrogens is 1. The number of hydrogen-bond donors (Lipinski definition) is 4. The average Bonchev–Trinajstić information content (AvgIpc) is 3.02. The van der Waals surface area contributed by atoms with Crippen LogP contribution in [0, 0.1) is 0 Å². The molecule has 2 aromatic rings. The van der Waals surface area contributed by atoms with Gasteiger partial charge in [-0.05, 0) is 44.7 Å². The van der Waals surface area contributed by atoms with Crippen molar-refractivity contribution in [3.05, 3.63) is 63.4 Å². The summed E-state index contributed by atoms with van der Waals surface area (Å²) in [5.41, 5.74) is -1.70. The van der Waals surface area contributed by atoms with E-state index >= 15 is 4.39 Å². The van der Waals surface area contributed by atoms with Gasteiger partial charge in [0.05, 0.1) is 6.10 Å². The van der Waals surface area contributed by atoms with Crippen molar-refractivity contribution in [3.8, 4) is 5.75 Å². The molecule has 0 bridgehead atoms. The number of aliphatic hydroxyl groups is 2. The Kier molecular flexibility index (Phi) is 8.83. The first-order valence-electron chi connectivity index (χ1n) is 10.9. The molecule has 1 aromatic carbocycles. The number of benzene rings is 1. The zero-order valence-electron chi connectivity index (χ0n) is 19.6. The van der Waals surface area contributed by atoms with Gasteiger partial charge in [0, 0.05) is 12.3 Å². The first kappa shape index (κ1) is 28.1. The van der Waals surface area contributed by atoms with Gasteiger partial charge in [-0.2, -0.15) is 0 Å². The zero-order valence-corrected chi connectivity index (χ0v) is 21.3. The van der Waals surface area contributed by atoms with E-state index in [4.69, 9.17) is 30.3 Å². The maximum Gasteiger partial charge on any atom is 0.330 e. The van der Waals surface area contributed by atoms with Crippen molar-refractivity contribution in [1.82, 2.24) is 14.6 Å². The fourth-order valence-corrected chi connectivity index (χ4v) is 5.62. The van der Waals surface area contributed by atoms with E-state index in [1.54, 1.807) is 44.2 Å². The SMILES string of the molecule is CC(C)OC(=O)[C@@H](C)N[P@](=S)(OC[C@@]1(F)O[C@@H](n2ccc(=O)[nH]c2=O)[C@H](O)[C@@H]1O)Oc1ccccc1. The van der Waals surface area contributed by atoms with Crippen LogP contribution in [-0.2, 0) is 30.6 Å². The van der Waals surface area contributed by atoms with Crippen molar-refractivity contribution >= 4 is 24.4 Å². The number of nitrogens with zero attached hydrogens (tertiary/aromatic N) is 1. The van der Waals surface area contributed by atoms with Crippen LogP contribution in [0.4, 0.5) is 4.39 Å². The summed E-state index contributed by atoms with van der Waals surface area (Å²) in [5, 5.41) is 23.5. The highest BCUT2D eigenvalue weighted by Crippen LogP contribution is 2.48. The van der Waals surface area contributed by atoms with Crippen LogP contribution in [-0.4, -0.2) is 62.5 Å². The standard InChI is InChI=1S/C21H27FN3O9PS/c1-12(2)32-19(29)13(3)24-35(36,34-14-7-5-4-6-8-14)31-11-21(22)17(28)16(27)18(33-21)25-10-9-15(26)23-20(25)30/h4-10,12-13,16-18,27-28H,11H2,1-3H3,(H,24,36)(H,23,26,30)/t13-,16-,17+,18-,21-,35+/m1/s1. The van der Waals surface area contributed by atoms with Gasteiger partial charge < -0.3 is 28.7 Å². The molecule has 2 heterocycles. The van der Waals surface area contributed by atoms with Gasteiger partial charge in [-0.15, -0.1) is 0 Å². The van der Waals surface area contributed by atoms with Crippen molar-refractivity contribution < 1.29 is 37.9 Å². The van der Waals surface area contributed by atoms with Crippen molar-refractivity contribution in [2.24, 2.45) is 0 Å². The van der Waals surface area contributed by atoms with Crippen LogP contribution in [0.2, 0.25) is 0 Å². The van der Waals surface area contributed by atoms with E-state index < -0.39 is 66.9 Å². The molecule has 0 saturated carbocycles. The number of rotatable bonds is 10. The lowest BCUT2D eigenvalue weighted by Gasteiger charge is -2.30. The minimum Gasteiger partial charge on any atom is -0.462 e. The van der Waals surface area contributed by atoms with Gasteiger partial charge >= 0.3 is 18.3 Å². The summed E-state index contributed by atoms with van der Waals surface area (Å²) in [4.78, 5) is 37.6. The molecule has 3 rings (SSSR count). The van der Waals surface area contributed by atoms with Crippen molar-refractivity contribution in [1.29, 1.82) is 0 Å². The largest absolute Gasteiger partial charge is 0.462 e. The van der Waals surface area contributed by atoms with E-state index in [2.05, 4.69) is 5.09 Å². The molecule has 0 amide bonds. The summed E-state index contributed by atoms with van der Waals surface area (Å²) in [6, 6.07) is 8.14. The molecule has 1 aliphatic heterocycles. The van der Waals surface area contributed by atoms with Gasteiger partial charge in [0.1, 0.15) is 30.6 Å². The van der Waals surface area contributed by atoms with E-state index in [1.807, 2.05) is 4.98 Å². The van der Waals surface area contributed by atoms with Gasteiger partial charge in [-0.3, -0.25) is 19.1 Å². The van der Waals surface area contributed by atoms with E-state index in [-0.39, 0.29) is 5.75 Å². The number of aromatic amines is 1. The molecule has 1 aromatic heterocycles. The Balaban J connectivity index is 1.81. The van der Waals surface area contributed by atoms with Crippen LogP contribution in [0.5, 0.6) is 5.75 Å². The quantitative estimate of drug-likeness (QED) is 0.245. The molecule has 0 aliphatic carbocycles. The summed E-state index contributed by atoms with van der Waals surface area (Å²) in [7, 11) is 0.